The first-order valence-electron chi connectivity index (χ1n) is 10.8. The van der Waals surface area contributed by atoms with Gasteiger partial charge in [-0.3, -0.25) is 14.3 Å². The predicted molar refractivity (Wildman–Crippen MR) is 127 cm³/mol. The fourth-order valence-electron chi connectivity index (χ4n) is 3.40. The minimum Gasteiger partial charge on any atom is -0.383 e. The van der Waals surface area contributed by atoms with Crippen molar-refractivity contribution in [3.63, 3.8) is 0 Å². The molecule has 0 aliphatic rings. The fraction of sp³-hybridized carbons (Fsp3) is 0.417. The van der Waals surface area contributed by atoms with Crippen LogP contribution in [0.1, 0.15) is 37.9 Å². The van der Waals surface area contributed by atoms with E-state index in [1.165, 1.54) is 17.3 Å². The van der Waals surface area contributed by atoms with Crippen molar-refractivity contribution < 1.29 is 9.53 Å². The Bertz CT molecular complexity index is 989. The smallest absolute Gasteiger partial charge is 0.230 e. The van der Waals surface area contributed by atoms with Crippen LogP contribution in [0.2, 0.25) is 0 Å². The molecule has 3 rings (SSSR count). The Morgan fingerprint density at radius 2 is 1.81 bits per heavy atom. The highest BCUT2D eigenvalue weighted by Gasteiger charge is 2.17. The van der Waals surface area contributed by atoms with Crippen LogP contribution < -0.4 is 5.32 Å². The lowest BCUT2D eigenvalue weighted by Crippen LogP contribution is -2.28. The van der Waals surface area contributed by atoms with Crippen molar-refractivity contribution >= 4 is 17.7 Å². The lowest BCUT2D eigenvalue weighted by atomic mass is 10.00. The highest BCUT2D eigenvalue weighted by Crippen LogP contribution is 2.24. The van der Waals surface area contributed by atoms with Gasteiger partial charge in [-0.2, -0.15) is 0 Å². The quantitative estimate of drug-likeness (QED) is 0.439. The highest BCUT2D eigenvalue weighted by molar-refractivity contribution is 7.99. The molecule has 1 amide bonds. The van der Waals surface area contributed by atoms with Crippen molar-refractivity contribution in [2.75, 3.05) is 19.5 Å². The summed E-state index contributed by atoms with van der Waals surface area (Å²) in [7, 11) is 1.66. The predicted octanol–water partition coefficient (Wildman–Crippen LogP) is 4.15. The molecular formula is C24H31N5O2S. The van der Waals surface area contributed by atoms with E-state index in [1.807, 2.05) is 23.6 Å². The minimum atomic E-state index is -0.0602. The Morgan fingerprint density at radius 3 is 2.47 bits per heavy atom. The second kappa shape index (κ2) is 11.8. The summed E-state index contributed by atoms with van der Waals surface area (Å²) in [6, 6.07) is 12.2. The van der Waals surface area contributed by atoms with E-state index < -0.39 is 0 Å². The molecule has 1 N–H and O–H groups in total. The number of benzene rings is 1. The van der Waals surface area contributed by atoms with Gasteiger partial charge < -0.3 is 10.1 Å². The molecule has 7 nitrogen and oxygen atoms in total. The van der Waals surface area contributed by atoms with Gasteiger partial charge in [-0.05, 0) is 42.5 Å². The summed E-state index contributed by atoms with van der Waals surface area (Å²) < 4.78 is 7.22. The third-order valence-electron chi connectivity index (χ3n) is 5.01. The number of hydrogen-bond donors (Lipinski definition) is 1. The lowest BCUT2D eigenvalue weighted by Gasteiger charge is -2.15. The average molecular weight is 454 g/mol. The van der Waals surface area contributed by atoms with E-state index in [9.17, 15) is 4.79 Å². The first kappa shape index (κ1) is 23.9. The van der Waals surface area contributed by atoms with Crippen LogP contribution in [0, 0.1) is 5.92 Å². The summed E-state index contributed by atoms with van der Waals surface area (Å²) in [4.78, 5) is 16.7. The highest BCUT2D eigenvalue weighted by atomic mass is 32.2. The van der Waals surface area contributed by atoms with Gasteiger partial charge in [-0.15, -0.1) is 10.2 Å². The van der Waals surface area contributed by atoms with Gasteiger partial charge >= 0.3 is 0 Å². The number of ether oxygens (including phenoxy) is 1. The maximum atomic E-state index is 12.6. The first-order valence-corrected chi connectivity index (χ1v) is 11.8. The van der Waals surface area contributed by atoms with Crippen molar-refractivity contribution in [2.24, 2.45) is 5.92 Å². The number of hydrogen-bond acceptors (Lipinski definition) is 6. The van der Waals surface area contributed by atoms with Crippen LogP contribution in [-0.4, -0.2) is 45.1 Å². The molecule has 8 heteroatoms. The molecule has 2 heterocycles. The minimum absolute atomic E-state index is 0.0412. The molecule has 0 bridgehead atoms. The second-order valence-corrected chi connectivity index (χ2v) is 9.05. The van der Waals surface area contributed by atoms with Crippen molar-refractivity contribution in [1.29, 1.82) is 0 Å². The fourth-order valence-corrected chi connectivity index (χ4v) is 4.18. The van der Waals surface area contributed by atoms with E-state index in [2.05, 4.69) is 58.6 Å². The van der Waals surface area contributed by atoms with Crippen LogP contribution in [0.4, 0.5) is 0 Å². The molecule has 2 aromatic heterocycles. The standard InChI is InChI=1S/C24H31N5O2S/c1-17(2)15-19-5-7-20(8-6-19)18(3)26-22(30)16-32-24-28-27-23(29(24)13-14-31-4)21-9-11-25-12-10-21/h5-12,17-18H,13-16H2,1-4H3,(H,26,30). The Morgan fingerprint density at radius 1 is 1.09 bits per heavy atom. The monoisotopic (exact) mass is 453 g/mol. The molecule has 0 radical (unpaired) electrons. The zero-order chi connectivity index (χ0) is 22.9. The number of carbonyl (C=O) groups excluding carboxylic acids is 1. The number of nitrogens with one attached hydrogen (secondary N) is 1. The van der Waals surface area contributed by atoms with Crippen molar-refractivity contribution in [1.82, 2.24) is 25.1 Å². The maximum Gasteiger partial charge on any atom is 0.230 e. The Kier molecular flexibility index (Phi) is 8.81. The Labute approximate surface area is 194 Å². The molecule has 0 saturated carbocycles. The molecule has 0 spiro atoms. The van der Waals surface area contributed by atoms with Crippen molar-refractivity contribution in [3.05, 3.63) is 59.9 Å². The number of thioether (sulfide) groups is 1. The largest absolute Gasteiger partial charge is 0.383 e. The molecule has 32 heavy (non-hydrogen) atoms. The molecule has 0 saturated heterocycles. The molecule has 1 aromatic carbocycles. The molecule has 0 aliphatic carbocycles. The van der Waals surface area contributed by atoms with Gasteiger partial charge in [0.1, 0.15) is 0 Å². The summed E-state index contributed by atoms with van der Waals surface area (Å²) in [6.07, 6.45) is 4.51. The number of aromatic nitrogens is 4. The van der Waals surface area contributed by atoms with E-state index in [0.717, 1.165) is 23.4 Å². The van der Waals surface area contributed by atoms with Crippen LogP contribution in [-0.2, 0) is 22.5 Å². The topological polar surface area (TPSA) is 81.9 Å². The zero-order valence-electron chi connectivity index (χ0n) is 19.1. The number of methoxy groups -OCH3 is 1. The molecular weight excluding hydrogens is 422 g/mol. The number of carbonyl (C=O) groups is 1. The van der Waals surface area contributed by atoms with E-state index in [4.69, 9.17) is 4.74 Å². The van der Waals surface area contributed by atoms with Crippen LogP contribution in [0.3, 0.4) is 0 Å². The van der Waals surface area contributed by atoms with E-state index in [-0.39, 0.29) is 17.7 Å². The maximum absolute atomic E-state index is 12.6. The lowest BCUT2D eigenvalue weighted by molar-refractivity contribution is -0.119. The number of amides is 1. The van der Waals surface area contributed by atoms with Gasteiger partial charge in [0.05, 0.1) is 24.9 Å². The van der Waals surface area contributed by atoms with Crippen LogP contribution >= 0.6 is 11.8 Å². The van der Waals surface area contributed by atoms with Crippen molar-refractivity contribution in [3.8, 4) is 11.4 Å². The zero-order valence-corrected chi connectivity index (χ0v) is 19.9. The van der Waals surface area contributed by atoms with Gasteiger partial charge in [-0.1, -0.05) is 49.9 Å². The summed E-state index contributed by atoms with van der Waals surface area (Å²) in [6.45, 7) is 7.56. The third kappa shape index (κ3) is 6.64. The Hall–Kier alpha value is -2.71. The molecule has 1 unspecified atom stereocenters. The van der Waals surface area contributed by atoms with Gasteiger partial charge in [0, 0.05) is 25.1 Å². The SMILES string of the molecule is COCCn1c(SCC(=O)NC(C)c2ccc(CC(C)C)cc2)nnc1-c1ccncc1. The molecule has 1 atom stereocenters. The van der Waals surface area contributed by atoms with Gasteiger partial charge in [0.2, 0.25) is 5.91 Å². The molecule has 170 valence electrons. The summed E-state index contributed by atoms with van der Waals surface area (Å²) in [5.41, 5.74) is 3.34. The number of pyridine rings is 1. The normalized spacial score (nSPS) is 12.2. The van der Waals surface area contributed by atoms with E-state index >= 15 is 0 Å². The summed E-state index contributed by atoms with van der Waals surface area (Å²) in [5, 5.41) is 12.4. The van der Waals surface area contributed by atoms with Crippen LogP contribution in [0.15, 0.2) is 53.9 Å². The number of rotatable bonds is 11. The van der Waals surface area contributed by atoms with Gasteiger partial charge in [-0.25, -0.2) is 0 Å². The second-order valence-electron chi connectivity index (χ2n) is 8.10. The molecule has 0 fully saturated rings. The molecule has 0 aliphatic heterocycles. The van der Waals surface area contributed by atoms with E-state index in [1.54, 1.807) is 19.5 Å². The van der Waals surface area contributed by atoms with Crippen LogP contribution in [0.25, 0.3) is 11.4 Å². The first-order chi connectivity index (χ1) is 15.5. The summed E-state index contributed by atoms with van der Waals surface area (Å²) >= 11 is 1.37. The van der Waals surface area contributed by atoms with Gasteiger partial charge in [0.25, 0.3) is 0 Å². The molecule has 3 aromatic rings. The van der Waals surface area contributed by atoms with Gasteiger partial charge in [0.15, 0.2) is 11.0 Å². The van der Waals surface area contributed by atoms with Crippen molar-refractivity contribution in [2.45, 2.75) is 44.9 Å². The van der Waals surface area contributed by atoms with E-state index in [0.29, 0.717) is 24.2 Å². The van der Waals surface area contributed by atoms with Crippen LogP contribution in [0.5, 0.6) is 0 Å². The summed E-state index contributed by atoms with van der Waals surface area (Å²) in [5.74, 6) is 1.58. The number of nitrogens with zero attached hydrogens (tertiary/aromatic N) is 4. The third-order valence-corrected chi connectivity index (χ3v) is 5.97. The Balaban J connectivity index is 1.61. The average Bonchev–Trinajstić information content (AvgIpc) is 3.19.